The average Bonchev–Trinajstić information content (AvgIpc) is 3.19. The van der Waals surface area contributed by atoms with Crippen molar-refractivity contribution in [3.8, 4) is 11.5 Å². The van der Waals surface area contributed by atoms with Gasteiger partial charge in [0.2, 0.25) is 12.0 Å². The SMILES string of the molecule is FC(F)Oc1cccc(COc2cccc(N(C3CCC3)[N+]34C=CN=CC3=CN=C4)c2)c1. The van der Waals surface area contributed by atoms with E-state index in [1.54, 1.807) is 18.3 Å². The van der Waals surface area contributed by atoms with Gasteiger partial charge in [-0.25, -0.2) is 10.0 Å². The van der Waals surface area contributed by atoms with Crippen LogP contribution < -0.4 is 14.5 Å². The van der Waals surface area contributed by atoms with Crippen molar-refractivity contribution in [1.29, 1.82) is 0 Å². The van der Waals surface area contributed by atoms with Gasteiger partial charge in [0.25, 0.3) is 0 Å². The third-order valence-corrected chi connectivity index (χ3v) is 5.84. The molecule has 0 N–H and O–H groups in total. The van der Waals surface area contributed by atoms with Crippen molar-refractivity contribution in [1.82, 2.24) is 0 Å². The molecule has 0 spiro atoms. The molecule has 2 aromatic carbocycles. The zero-order valence-corrected chi connectivity index (χ0v) is 17.3. The van der Waals surface area contributed by atoms with Crippen LogP contribution in [0.1, 0.15) is 24.8 Å². The molecule has 5 rings (SSSR count). The predicted octanol–water partition coefficient (Wildman–Crippen LogP) is 5.40. The molecule has 1 atom stereocenters. The number of alkyl halides is 2. The largest absolute Gasteiger partial charge is 0.489 e. The first-order chi connectivity index (χ1) is 15.6. The zero-order valence-electron chi connectivity index (χ0n) is 17.3. The van der Waals surface area contributed by atoms with Crippen LogP contribution >= 0.6 is 0 Å². The molecule has 32 heavy (non-hydrogen) atoms. The van der Waals surface area contributed by atoms with Crippen molar-refractivity contribution in [2.75, 3.05) is 5.01 Å². The Hall–Kier alpha value is -3.52. The summed E-state index contributed by atoms with van der Waals surface area (Å²) in [6.07, 6.45) is 12.8. The molecule has 164 valence electrons. The molecule has 1 aliphatic carbocycles. The summed E-state index contributed by atoms with van der Waals surface area (Å²) in [7, 11) is 0. The van der Waals surface area contributed by atoms with Crippen LogP contribution in [0.25, 0.3) is 0 Å². The highest BCUT2D eigenvalue weighted by atomic mass is 19.3. The third kappa shape index (κ3) is 3.89. The number of halogens is 2. The number of hydrogen-bond acceptors (Lipinski definition) is 5. The van der Waals surface area contributed by atoms with E-state index in [4.69, 9.17) is 4.74 Å². The maximum Gasteiger partial charge on any atom is 0.387 e. The Kier molecular flexibility index (Phi) is 5.45. The van der Waals surface area contributed by atoms with Gasteiger partial charge in [-0.2, -0.15) is 8.78 Å². The molecular formula is C24H23F2N4O2+. The molecule has 0 amide bonds. The fourth-order valence-electron chi connectivity index (χ4n) is 4.13. The number of hydrogen-bond donors (Lipinski definition) is 0. The average molecular weight is 437 g/mol. The second kappa shape index (κ2) is 8.55. The lowest BCUT2D eigenvalue weighted by Gasteiger charge is -2.46. The highest BCUT2D eigenvalue weighted by molar-refractivity contribution is 5.82. The van der Waals surface area contributed by atoms with Gasteiger partial charge >= 0.3 is 6.61 Å². The van der Waals surface area contributed by atoms with E-state index in [0.29, 0.717) is 16.4 Å². The number of nitrogens with zero attached hydrogens (tertiary/aromatic N) is 4. The molecule has 1 unspecified atom stereocenters. The van der Waals surface area contributed by atoms with Crippen LogP contribution in [0.4, 0.5) is 14.5 Å². The Balaban J connectivity index is 1.38. The maximum atomic E-state index is 12.5. The summed E-state index contributed by atoms with van der Waals surface area (Å²) in [5, 5.41) is 2.34. The van der Waals surface area contributed by atoms with Crippen molar-refractivity contribution in [2.45, 2.75) is 38.5 Å². The Bertz CT molecular complexity index is 1110. The molecule has 1 saturated carbocycles. The second-order valence-electron chi connectivity index (χ2n) is 7.87. The van der Waals surface area contributed by atoms with Crippen LogP contribution in [0.3, 0.4) is 0 Å². The highest BCUT2D eigenvalue weighted by Crippen LogP contribution is 2.40. The number of ether oxygens (including phenoxy) is 2. The number of aliphatic imine (C=N–C) groups is 2. The van der Waals surface area contributed by atoms with Gasteiger partial charge in [0, 0.05) is 6.07 Å². The van der Waals surface area contributed by atoms with Crippen molar-refractivity contribution in [3.05, 3.63) is 78.4 Å². The van der Waals surface area contributed by atoms with Crippen molar-refractivity contribution >= 4 is 18.2 Å². The summed E-state index contributed by atoms with van der Waals surface area (Å²) in [6.45, 7) is -2.61. The molecule has 2 heterocycles. The van der Waals surface area contributed by atoms with Crippen molar-refractivity contribution in [2.24, 2.45) is 9.98 Å². The Morgan fingerprint density at radius 2 is 1.91 bits per heavy atom. The van der Waals surface area contributed by atoms with E-state index in [1.807, 2.05) is 49.2 Å². The topological polar surface area (TPSA) is 46.4 Å². The van der Waals surface area contributed by atoms with E-state index in [-0.39, 0.29) is 12.4 Å². The molecule has 3 aliphatic rings. The second-order valence-corrected chi connectivity index (χ2v) is 7.87. The van der Waals surface area contributed by atoms with Crippen LogP contribution in [0, 0.1) is 0 Å². The Morgan fingerprint density at radius 1 is 1.06 bits per heavy atom. The monoisotopic (exact) mass is 437 g/mol. The Morgan fingerprint density at radius 3 is 2.72 bits per heavy atom. The molecule has 2 aliphatic heterocycles. The van der Waals surface area contributed by atoms with E-state index in [2.05, 4.69) is 25.8 Å². The summed E-state index contributed by atoms with van der Waals surface area (Å²) < 4.78 is 35.8. The lowest BCUT2D eigenvalue weighted by atomic mass is 9.91. The first-order valence-electron chi connectivity index (χ1n) is 10.5. The summed E-state index contributed by atoms with van der Waals surface area (Å²) >= 11 is 0. The molecule has 0 bridgehead atoms. The normalized spacial score (nSPS) is 21.3. The summed E-state index contributed by atoms with van der Waals surface area (Å²) in [5.41, 5.74) is 2.75. The minimum Gasteiger partial charge on any atom is -0.489 e. The van der Waals surface area contributed by atoms with E-state index in [0.717, 1.165) is 29.8 Å². The molecule has 8 heteroatoms. The van der Waals surface area contributed by atoms with Gasteiger partial charge in [-0.05, 0) is 49.1 Å². The number of anilines is 1. The van der Waals surface area contributed by atoms with E-state index >= 15 is 0 Å². The van der Waals surface area contributed by atoms with E-state index in [9.17, 15) is 8.78 Å². The smallest absolute Gasteiger partial charge is 0.387 e. The summed E-state index contributed by atoms with van der Waals surface area (Å²) in [4.78, 5) is 8.69. The molecule has 2 aromatic rings. The number of allylic oxidation sites excluding steroid dienone is 1. The van der Waals surface area contributed by atoms with Gasteiger partial charge < -0.3 is 9.47 Å². The number of fused-ring (bicyclic) bond motifs is 1. The van der Waals surface area contributed by atoms with E-state index < -0.39 is 6.61 Å². The molecule has 0 saturated heterocycles. The van der Waals surface area contributed by atoms with Crippen molar-refractivity contribution in [3.63, 3.8) is 0 Å². The van der Waals surface area contributed by atoms with Gasteiger partial charge in [0.05, 0.1) is 30.3 Å². The standard InChI is InChI=1S/C24H23F2N4O2/c25-24(26)32-23-9-1-4-18(12-23)16-31-22-8-3-7-20(13-22)29(19-5-2-6-19)30-11-10-27-14-21(30)15-28-17-30/h1,3-4,7-15,17,19,24H,2,5-6,16H2/q+1. The zero-order chi connectivity index (χ0) is 22.0. The quantitative estimate of drug-likeness (QED) is 0.520. The van der Waals surface area contributed by atoms with Crippen LogP contribution in [0.5, 0.6) is 11.5 Å². The van der Waals surface area contributed by atoms with E-state index in [1.165, 1.54) is 12.5 Å². The summed E-state index contributed by atoms with van der Waals surface area (Å²) in [5.74, 6) is 0.814. The van der Waals surface area contributed by atoms with Gasteiger partial charge in [-0.15, -0.1) is 4.59 Å². The van der Waals surface area contributed by atoms with Crippen molar-refractivity contribution < 1.29 is 22.8 Å². The first-order valence-corrected chi connectivity index (χ1v) is 10.5. The Labute approximate surface area is 185 Å². The molecular weight excluding hydrogens is 414 g/mol. The predicted molar refractivity (Wildman–Crippen MR) is 118 cm³/mol. The minimum atomic E-state index is -2.85. The van der Waals surface area contributed by atoms with Crippen LogP contribution in [-0.4, -0.2) is 29.8 Å². The molecule has 0 radical (unpaired) electrons. The van der Waals surface area contributed by atoms with Gasteiger partial charge in [-0.3, -0.25) is 4.99 Å². The third-order valence-electron chi connectivity index (χ3n) is 5.84. The number of benzene rings is 2. The fourth-order valence-corrected chi connectivity index (χ4v) is 4.13. The molecule has 1 fully saturated rings. The van der Waals surface area contributed by atoms with Crippen LogP contribution in [0.2, 0.25) is 0 Å². The molecule has 0 aromatic heterocycles. The lowest BCUT2D eigenvalue weighted by Crippen LogP contribution is -2.61. The molecule has 6 nitrogen and oxygen atoms in total. The minimum absolute atomic E-state index is 0.119. The van der Waals surface area contributed by atoms with Gasteiger partial charge in [0.1, 0.15) is 18.1 Å². The first kappa shape index (κ1) is 20.4. The maximum absolute atomic E-state index is 12.5. The van der Waals surface area contributed by atoms with Crippen LogP contribution in [-0.2, 0) is 6.61 Å². The lowest BCUT2D eigenvalue weighted by molar-refractivity contribution is -0.746. The number of quaternary nitrogens is 1. The van der Waals surface area contributed by atoms with Gasteiger partial charge in [-0.1, -0.05) is 18.2 Å². The van der Waals surface area contributed by atoms with Gasteiger partial charge in [0.15, 0.2) is 6.20 Å². The fraction of sp³-hybridized carbons (Fsp3) is 0.250. The highest BCUT2D eigenvalue weighted by Gasteiger charge is 2.46. The summed E-state index contributed by atoms with van der Waals surface area (Å²) in [6, 6.07) is 14.9. The number of rotatable bonds is 8. The van der Waals surface area contributed by atoms with Crippen LogP contribution in [0.15, 0.2) is 82.8 Å².